The van der Waals surface area contributed by atoms with Crippen molar-refractivity contribution in [2.45, 2.75) is 6.54 Å². The number of hydrogen-bond donors (Lipinski definition) is 2. The van der Waals surface area contributed by atoms with Gasteiger partial charge in [0.25, 0.3) is 5.91 Å². The normalized spacial score (nSPS) is 10.8. The molecule has 9 heteroatoms. The van der Waals surface area contributed by atoms with Gasteiger partial charge in [0.1, 0.15) is 0 Å². The highest BCUT2D eigenvalue weighted by atomic mass is 127. The Hall–Kier alpha value is -1.45. The number of amides is 1. The highest BCUT2D eigenvalue weighted by Crippen LogP contribution is 2.23. The molecule has 0 saturated heterocycles. The third-order valence-electron chi connectivity index (χ3n) is 3.42. The lowest BCUT2D eigenvalue weighted by Gasteiger charge is -2.22. The molecule has 142 valence electrons. The molecule has 0 bridgehead atoms. The lowest BCUT2D eigenvalue weighted by atomic mass is 10.2. The molecule has 0 atom stereocenters. The first-order valence-corrected chi connectivity index (χ1v) is 8.44. The number of halogens is 3. The molecule has 1 aromatic heterocycles. The monoisotopic (exact) mass is 510 g/mol. The molecule has 1 amide bonds. The van der Waals surface area contributed by atoms with Gasteiger partial charge in [-0.1, -0.05) is 29.3 Å². The summed E-state index contributed by atoms with van der Waals surface area (Å²) in [5, 5.41) is 7.01. The minimum absolute atomic E-state index is 0. The van der Waals surface area contributed by atoms with Gasteiger partial charge >= 0.3 is 0 Å². The fourth-order valence-corrected chi connectivity index (χ4v) is 2.54. The van der Waals surface area contributed by atoms with E-state index in [4.69, 9.17) is 27.6 Å². The first kappa shape index (κ1) is 22.6. The number of nitrogens with zero attached hydrogens (tertiary/aromatic N) is 2. The molecule has 26 heavy (non-hydrogen) atoms. The predicted octanol–water partition coefficient (Wildman–Crippen LogP) is 3.64. The Morgan fingerprint density at radius 3 is 2.54 bits per heavy atom. The van der Waals surface area contributed by atoms with E-state index in [1.165, 1.54) is 6.26 Å². The maximum Gasteiger partial charge on any atom is 0.287 e. The topological polar surface area (TPSA) is 69.9 Å². The van der Waals surface area contributed by atoms with Crippen LogP contribution in [0.15, 0.2) is 46.0 Å². The smallest absolute Gasteiger partial charge is 0.287 e. The van der Waals surface area contributed by atoms with Crippen LogP contribution in [-0.2, 0) is 6.54 Å². The molecular formula is C17H21Cl2IN4O2. The average molecular weight is 511 g/mol. The van der Waals surface area contributed by atoms with Gasteiger partial charge in [-0.15, -0.1) is 24.0 Å². The third-order valence-corrected chi connectivity index (χ3v) is 4.15. The van der Waals surface area contributed by atoms with E-state index in [1.54, 1.807) is 25.2 Å². The molecule has 2 N–H and O–H groups in total. The number of guanidine groups is 1. The second-order valence-corrected chi connectivity index (χ2v) is 6.13. The molecule has 2 rings (SSSR count). The minimum atomic E-state index is -0.244. The highest BCUT2D eigenvalue weighted by molar-refractivity contribution is 14.0. The van der Waals surface area contributed by atoms with Crippen LogP contribution in [0.4, 0.5) is 0 Å². The molecule has 0 aliphatic carbocycles. The molecule has 0 unspecified atom stereocenters. The highest BCUT2D eigenvalue weighted by Gasteiger charge is 2.09. The van der Waals surface area contributed by atoms with E-state index in [0.29, 0.717) is 41.4 Å². The molecule has 0 radical (unpaired) electrons. The van der Waals surface area contributed by atoms with Gasteiger partial charge in [0.15, 0.2) is 11.7 Å². The molecule has 0 spiro atoms. The summed E-state index contributed by atoms with van der Waals surface area (Å²) < 4.78 is 5.03. The quantitative estimate of drug-likeness (QED) is 0.269. The van der Waals surface area contributed by atoms with E-state index >= 15 is 0 Å². The van der Waals surface area contributed by atoms with E-state index in [2.05, 4.69) is 15.6 Å². The first-order valence-electron chi connectivity index (χ1n) is 7.68. The zero-order valence-electron chi connectivity index (χ0n) is 14.5. The summed E-state index contributed by atoms with van der Waals surface area (Å²) in [6, 6.07) is 8.81. The van der Waals surface area contributed by atoms with E-state index in [-0.39, 0.29) is 29.9 Å². The van der Waals surface area contributed by atoms with E-state index in [9.17, 15) is 4.79 Å². The summed E-state index contributed by atoms with van der Waals surface area (Å²) in [6.45, 7) is 1.60. The molecule has 0 fully saturated rings. The van der Waals surface area contributed by atoms with Crippen molar-refractivity contribution in [3.05, 3.63) is 58.0 Å². The van der Waals surface area contributed by atoms with E-state index in [0.717, 1.165) is 5.56 Å². The predicted molar refractivity (Wildman–Crippen MR) is 116 cm³/mol. The van der Waals surface area contributed by atoms with Crippen LogP contribution in [0.3, 0.4) is 0 Å². The largest absolute Gasteiger partial charge is 0.459 e. The molecule has 2 aromatic rings. The first-order chi connectivity index (χ1) is 12.0. The second kappa shape index (κ2) is 11.3. The Morgan fingerprint density at radius 1 is 1.19 bits per heavy atom. The van der Waals surface area contributed by atoms with Crippen molar-refractivity contribution in [2.24, 2.45) is 4.99 Å². The van der Waals surface area contributed by atoms with Gasteiger partial charge in [-0.25, -0.2) is 0 Å². The Kier molecular flexibility index (Phi) is 9.82. The maximum absolute atomic E-state index is 11.8. The molecular weight excluding hydrogens is 490 g/mol. The second-order valence-electron chi connectivity index (χ2n) is 5.31. The van der Waals surface area contributed by atoms with Gasteiger partial charge in [-0.2, -0.15) is 0 Å². The van der Waals surface area contributed by atoms with Crippen molar-refractivity contribution in [1.82, 2.24) is 15.5 Å². The van der Waals surface area contributed by atoms with Crippen molar-refractivity contribution in [1.29, 1.82) is 0 Å². The number of benzene rings is 1. The lowest BCUT2D eigenvalue weighted by Crippen LogP contribution is -2.42. The summed E-state index contributed by atoms with van der Waals surface area (Å²) in [6.07, 6.45) is 1.47. The van der Waals surface area contributed by atoms with Crippen LogP contribution in [0, 0.1) is 0 Å². The van der Waals surface area contributed by atoms with E-state index in [1.807, 2.05) is 24.1 Å². The van der Waals surface area contributed by atoms with Crippen LogP contribution in [0.2, 0.25) is 10.0 Å². The van der Waals surface area contributed by atoms with Crippen LogP contribution in [0.25, 0.3) is 0 Å². The Morgan fingerprint density at radius 2 is 1.92 bits per heavy atom. The molecule has 0 aliphatic heterocycles. The van der Waals surface area contributed by atoms with Gasteiger partial charge in [-0.3, -0.25) is 9.79 Å². The zero-order chi connectivity index (χ0) is 18.2. The maximum atomic E-state index is 11.8. The summed E-state index contributed by atoms with van der Waals surface area (Å²) >= 11 is 12.0. The van der Waals surface area contributed by atoms with Crippen LogP contribution < -0.4 is 10.6 Å². The van der Waals surface area contributed by atoms with Crippen molar-refractivity contribution < 1.29 is 9.21 Å². The summed E-state index contributed by atoms with van der Waals surface area (Å²) in [5.74, 6) is 0.755. The third kappa shape index (κ3) is 6.69. The lowest BCUT2D eigenvalue weighted by molar-refractivity contribution is 0.0926. The summed E-state index contributed by atoms with van der Waals surface area (Å²) in [5.41, 5.74) is 1.02. The molecule has 6 nitrogen and oxygen atoms in total. The summed E-state index contributed by atoms with van der Waals surface area (Å²) in [7, 11) is 3.62. The van der Waals surface area contributed by atoms with Gasteiger partial charge < -0.3 is 20.0 Å². The Bertz CT molecular complexity index is 738. The van der Waals surface area contributed by atoms with Gasteiger partial charge in [0.2, 0.25) is 0 Å². The fourth-order valence-electron chi connectivity index (χ4n) is 2.22. The number of carbonyl (C=O) groups excluding carboxylic acids is 1. The van der Waals surface area contributed by atoms with Crippen molar-refractivity contribution in [3.8, 4) is 0 Å². The Labute approximate surface area is 180 Å². The molecule has 1 aromatic carbocycles. The number of aliphatic imine (C=N–C) groups is 1. The number of furan rings is 1. The molecule has 1 heterocycles. The van der Waals surface area contributed by atoms with E-state index < -0.39 is 0 Å². The SMILES string of the molecule is CN=C(NCCNC(=O)c1ccco1)N(C)Cc1ccc(Cl)c(Cl)c1.I. The fraction of sp³-hybridized carbons (Fsp3) is 0.294. The number of hydrogen-bond acceptors (Lipinski definition) is 3. The zero-order valence-corrected chi connectivity index (χ0v) is 18.3. The van der Waals surface area contributed by atoms with Gasteiger partial charge in [0.05, 0.1) is 16.3 Å². The van der Waals surface area contributed by atoms with Crippen LogP contribution >= 0.6 is 47.2 Å². The van der Waals surface area contributed by atoms with Crippen LogP contribution in [0.1, 0.15) is 16.1 Å². The van der Waals surface area contributed by atoms with Gasteiger partial charge in [-0.05, 0) is 29.8 Å². The Balaban J connectivity index is 0.00000338. The summed E-state index contributed by atoms with van der Waals surface area (Å²) in [4.78, 5) is 17.9. The molecule has 0 saturated carbocycles. The van der Waals surface area contributed by atoms with Crippen molar-refractivity contribution in [2.75, 3.05) is 27.2 Å². The number of rotatable bonds is 6. The number of nitrogens with one attached hydrogen (secondary N) is 2. The average Bonchev–Trinajstić information content (AvgIpc) is 3.12. The van der Waals surface area contributed by atoms with Crippen LogP contribution in [-0.4, -0.2) is 44.0 Å². The molecule has 0 aliphatic rings. The minimum Gasteiger partial charge on any atom is -0.459 e. The standard InChI is InChI=1S/C17H20Cl2N4O2.HI/c1-20-17(22-8-7-21-16(24)15-4-3-9-25-15)23(2)11-12-5-6-13(18)14(19)10-12;/h3-6,9-10H,7-8,11H2,1-2H3,(H,20,22)(H,21,24);1H. The van der Waals surface area contributed by atoms with Crippen LogP contribution in [0.5, 0.6) is 0 Å². The number of carbonyl (C=O) groups is 1. The van der Waals surface area contributed by atoms with Gasteiger partial charge in [0, 0.05) is 33.7 Å². The van der Waals surface area contributed by atoms with Crippen molar-refractivity contribution >= 4 is 59.0 Å². The van der Waals surface area contributed by atoms with Crippen molar-refractivity contribution in [3.63, 3.8) is 0 Å².